The Morgan fingerprint density at radius 1 is 1.00 bits per heavy atom. The number of amides is 2. The Labute approximate surface area is 148 Å². The van der Waals surface area contributed by atoms with Gasteiger partial charge in [0.25, 0.3) is 5.91 Å². The summed E-state index contributed by atoms with van der Waals surface area (Å²) in [6.45, 7) is 4.56. The van der Waals surface area contributed by atoms with E-state index in [0.29, 0.717) is 38.2 Å². The molecule has 1 aromatic heterocycles. The fraction of sp³-hybridized carbons (Fsp3) is 0.350. The van der Waals surface area contributed by atoms with Crippen molar-refractivity contribution in [2.75, 3.05) is 26.2 Å². The molecular formula is C20H23N3O2. The number of benzene rings is 1. The van der Waals surface area contributed by atoms with E-state index in [9.17, 15) is 9.59 Å². The molecule has 0 aliphatic carbocycles. The highest BCUT2D eigenvalue weighted by atomic mass is 16.2. The Kier molecular flexibility index (Phi) is 5.43. The summed E-state index contributed by atoms with van der Waals surface area (Å²) in [6.07, 6.45) is 4.47. The summed E-state index contributed by atoms with van der Waals surface area (Å²) in [6, 6.07) is 11.5. The SMILES string of the molecule is Cc1cccc(CC(=O)N2CCCN(C(=O)c3ccncc3)CC2)c1. The van der Waals surface area contributed by atoms with Crippen LogP contribution in [0, 0.1) is 6.92 Å². The molecule has 1 fully saturated rings. The van der Waals surface area contributed by atoms with E-state index in [4.69, 9.17) is 0 Å². The number of carbonyl (C=O) groups is 2. The van der Waals surface area contributed by atoms with Gasteiger partial charge in [-0.3, -0.25) is 14.6 Å². The van der Waals surface area contributed by atoms with Crippen molar-refractivity contribution in [2.24, 2.45) is 0 Å². The first-order chi connectivity index (χ1) is 12.1. The molecule has 1 aliphatic rings. The Hall–Kier alpha value is -2.69. The second-order valence-corrected chi connectivity index (χ2v) is 6.43. The second kappa shape index (κ2) is 7.92. The molecule has 0 bridgehead atoms. The molecule has 5 heteroatoms. The summed E-state index contributed by atoms with van der Waals surface area (Å²) in [7, 11) is 0. The molecule has 0 unspecified atom stereocenters. The highest BCUT2D eigenvalue weighted by molar-refractivity contribution is 5.94. The molecule has 1 saturated heterocycles. The van der Waals surface area contributed by atoms with Crippen molar-refractivity contribution in [3.63, 3.8) is 0 Å². The van der Waals surface area contributed by atoms with Gasteiger partial charge in [-0.05, 0) is 31.0 Å². The third-order valence-electron chi connectivity index (χ3n) is 4.50. The quantitative estimate of drug-likeness (QED) is 0.864. The van der Waals surface area contributed by atoms with Gasteiger partial charge < -0.3 is 9.80 Å². The van der Waals surface area contributed by atoms with Gasteiger partial charge in [0, 0.05) is 44.1 Å². The van der Waals surface area contributed by atoms with Crippen LogP contribution in [0.5, 0.6) is 0 Å². The van der Waals surface area contributed by atoms with Crippen molar-refractivity contribution in [3.8, 4) is 0 Å². The van der Waals surface area contributed by atoms with Crippen LogP contribution in [0.4, 0.5) is 0 Å². The summed E-state index contributed by atoms with van der Waals surface area (Å²) in [4.78, 5) is 32.8. The number of hydrogen-bond donors (Lipinski definition) is 0. The van der Waals surface area contributed by atoms with Gasteiger partial charge in [-0.15, -0.1) is 0 Å². The molecule has 2 aromatic rings. The van der Waals surface area contributed by atoms with Crippen LogP contribution < -0.4 is 0 Å². The normalized spacial score (nSPS) is 14.9. The Balaban J connectivity index is 1.59. The van der Waals surface area contributed by atoms with E-state index in [-0.39, 0.29) is 11.8 Å². The largest absolute Gasteiger partial charge is 0.341 e. The standard InChI is InChI=1S/C20H23N3O2/c1-16-4-2-5-17(14-16)15-19(24)22-10-3-11-23(13-12-22)20(25)18-6-8-21-9-7-18/h2,4-9,14H,3,10-13,15H2,1H3. The molecule has 1 aromatic carbocycles. The first-order valence-corrected chi connectivity index (χ1v) is 8.66. The van der Waals surface area contributed by atoms with E-state index in [1.54, 1.807) is 24.5 Å². The molecule has 2 amide bonds. The van der Waals surface area contributed by atoms with Gasteiger partial charge in [0.05, 0.1) is 6.42 Å². The summed E-state index contributed by atoms with van der Waals surface area (Å²) >= 11 is 0. The van der Waals surface area contributed by atoms with Crippen LogP contribution in [-0.2, 0) is 11.2 Å². The molecule has 0 atom stereocenters. The molecule has 0 saturated carbocycles. The number of nitrogens with zero attached hydrogens (tertiary/aromatic N) is 3. The van der Waals surface area contributed by atoms with Crippen molar-refractivity contribution in [1.29, 1.82) is 0 Å². The van der Waals surface area contributed by atoms with Crippen molar-refractivity contribution in [3.05, 3.63) is 65.5 Å². The van der Waals surface area contributed by atoms with Gasteiger partial charge in [-0.1, -0.05) is 29.8 Å². The summed E-state index contributed by atoms with van der Waals surface area (Å²) < 4.78 is 0. The van der Waals surface area contributed by atoms with Crippen molar-refractivity contribution < 1.29 is 9.59 Å². The molecular weight excluding hydrogens is 314 g/mol. The third-order valence-corrected chi connectivity index (χ3v) is 4.50. The van der Waals surface area contributed by atoms with Gasteiger partial charge >= 0.3 is 0 Å². The Morgan fingerprint density at radius 2 is 1.72 bits per heavy atom. The van der Waals surface area contributed by atoms with Gasteiger partial charge in [-0.2, -0.15) is 0 Å². The number of pyridine rings is 1. The molecule has 25 heavy (non-hydrogen) atoms. The van der Waals surface area contributed by atoms with Crippen LogP contribution >= 0.6 is 0 Å². The van der Waals surface area contributed by atoms with E-state index in [0.717, 1.165) is 17.5 Å². The predicted molar refractivity (Wildman–Crippen MR) is 96.2 cm³/mol. The lowest BCUT2D eigenvalue weighted by atomic mass is 10.1. The average molecular weight is 337 g/mol. The van der Waals surface area contributed by atoms with Crippen LogP contribution in [0.3, 0.4) is 0 Å². The van der Waals surface area contributed by atoms with E-state index in [1.165, 1.54) is 0 Å². The van der Waals surface area contributed by atoms with Crippen LogP contribution in [0.2, 0.25) is 0 Å². The Bertz CT molecular complexity index is 746. The molecule has 1 aliphatic heterocycles. The molecule has 130 valence electrons. The highest BCUT2D eigenvalue weighted by Gasteiger charge is 2.22. The number of rotatable bonds is 3. The topological polar surface area (TPSA) is 53.5 Å². The zero-order chi connectivity index (χ0) is 17.6. The minimum Gasteiger partial charge on any atom is -0.341 e. The summed E-state index contributed by atoms with van der Waals surface area (Å²) in [5.41, 5.74) is 2.85. The monoisotopic (exact) mass is 337 g/mol. The first-order valence-electron chi connectivity index (χ1n) is 8.66. The second-order valence-electron chi connectivity index (χ2n) is 6.43. The van der Waals surface area contributed by atoms with Crippen LogP contribution in [-0.4, -0.2) is 52.8 Å². The molecule has 0 N–H and O–H groups in total. The summed E-state index contributed by atoms with van der Waals surface area (Å²) in [5.74, 6) is 0.138. The van der Waals surface area contributed by atoms with E-state index in [2.05, 4.69) is 11.1 Å². The fourth-order valence-electron chi connectivity index (χ4n) is 3.16. The minimum atomic E-state index is 0.00961. The minimum absolute atomic E-state index is 0.00961. The van der Waals surface area contributed by atoms with Gasteiger partial charge in [0.1, 0.15) is 0 Å². The average Bonchev–Trinajstić information content (AvgIpc) is 2.88. The maximum Gasteiger partial charge on any atom is 0.254 e. The number of hydrogen-bond acceptors (Lipinski definition) is 3. The van der Waals surface area contributed by atoms with Crippen molar-refractivity contribution in [1.82, 2.24) is 14.8 Å². The fourth-order valence-corrected chi connectivity index (χ4v) is 3.16. The molecule has 2 heterocycles. The van der Waals surface area contributed by atoms with E-state index < -0.39 is 0 Å². The molecule has 3 rings (SSSR count). The third kappa shape index (κ3) is 4.44. The van der Waals surface area contributed by atoms with Gasteiger partial charge in [-0.25, -0.2) is 0 Å². The van der Waals surface area contributed by atoms with Crippen LogP contribution in [0.15, 0.2) is 48.8 Å². The molecule has 0 radical (unpaired) electrons. The highest BCUT2D eigenvalue weighted by Crippen LogP contribution is 2.11. The lowest BCUT2D eigenvalue weighted by Crippen LogP contribution is -2.38. The molecule has 5 nitrogen and oxygen atoms in total. The van der Waals surface area contributed by atoms with Crippen molar-refractivity contribution >= 4 is 11.8 Å². The first kappa shape index (κ1) is 17.1. The maximum atomic E-state index is 12.6. The zero-order valence-electron chi connectivity index (χ0n) is 14.5. The van der Waals surface area contributed by atoms with Crippen LogP contribution in [0.25, 0.3) is 0 Å². The number of aromatic nitrogens is 1. The van der Waals surface area contributed by atoms with Gasteiger partial charge in [0.15, 0.2) is 0 Å². The zero-order valence-corrected chi connectivity index (χ0v) is 14.5. The maximum absolute atomic E-state index is 12.6. The number of aryl methyl sites for hydroxylation is 1. The predicted octanol–water partition coefficient (Wildman–Crippen LogP) is 2.31. The van der Waals surface area contributed by atoms with E-state index >= 15 is 0 Å². The van der Waals surface area contributed by atoms with E-state index in [1.807, 2.05) is 34.9 Å². The molecule has 0 spiro atoms. The lowest BCUT2D eigenvalue weighted by Gasteiger charge is -2.22. The van der Waals surface area contributed by atoms with Crippen molar-refractivity contribution in [2.45, 2.75) is 19.8 Å². The smallest absolute Gasteiger partial charge is 0.254 e. The number of carbonyl (C=O) groups excluding carboxylic acids is 2. The van der Waals surface area contributed by atoms with Gasteiger partial charge in [0.2, 0.25) is 5.91 Å². The van der Waals surface area contributed by atoms with Crippen LogP contribution in [0.1, 0.15) is 27.9 Å². The Morgan fingerprint density at radius 3 is 2.48 bits per heavy atom. The lowest BCUT2D eigenvalue weighted by molar-refractivity contribution is -0.130. The summed E-state index contributed by atoms with van der Waals surface area (Å²) in [5, 5.41) is 0.